The Hall–Kier alpha value is -1.24. The number of ether oxygens (including phenoxy) is 1. The van der Waals surface area contributed by atoms with Crippen LogP contribution in [0.15, 0.2) is 46.3 Å². The second kappa shape index (κ2) is 8.79. The van der Waals surface area contributed by atoms with Crippen LogP contribution >= 0.6 is 0 Å². The molecule has 0 saturated carbocycles. The standard InChI is InChI=1S/C17H28O/c1-8-10-11-14(5)12-16(18-7)17(13(3)4)15(6)9-2/h9,11-12H,8,10H2,1-7H3/b14-11-,15-9-,16-12-. The van der Waals surface area contributed by atoms with Crippen molar-refractivity contribution in [1.82, 2.24) is 0 Å². The van der Waals surface area contributed by atoms with Crippen molar-refractivity contribution < 1.29 is 4.74 Å². The maximum absolute atomic E-state index is 5.57. The first-order valence-corrected chi connectivity index (χ1v) is 6.71. The van der Waals surface area contributed by atoms with Gasteiger partial charge in [-0.1, -0.05) is 36.6 Å². The lowest BCUT2D eigenvalue weighted by Gasteiger charge is -2.14. The van der Waals surface area contributed by atoms with Crippen molar-refractivity contribution in [1.29, 1.82) is 0 Å². The predicted molar refractivity (Wildman–Crippen MR) is 81.6 cm³/mol. The smallest absolute Gasteiger partial charge is 0.126 e. The summed E-state index contributed by atoms with van der Waals surface area (Å²) in [4.78, 5) is 0. The van der Waals surface area contributed by atoms with Gasteiger partial charge in [-0.15, -0.1) is 0 Å². The summed E-state index contributed by atoms with van der Waals surface area (Å²) in [5.74, 6) is 0.954. The van der Waals surface area contributed by atoms with Crippen molar-refractivity contribution >= 4 is 0 Å². The molecule has 0 aliphatic carbocycles. The summed E-state index contributed by atoms with van der Waals surface area (Å²) < 4.78 is 5.57. The molecule has 0 saturated heterocycles. The average molecular weight is 248 g/mol. The normalized spacial score (nSPS) is 13.6. The number of unbranched alkanes of at least 4 members (excludes halogenated alkanes) is 1. The van der Waals surface area contributed by atoms with Gasteiger partial charge in [-0.3, -0.25) is 0 Å². The molecule has 0 atom stereocenters. The lowest BCUT2D eigenvalue weighted by molar-refractivity contribution is 0.301. The van der Waals surface area contributed by atoms with Crippen LogP contribution < -0.4 is 0 Å². The summed E-state index contributed by atoms with van der Waals surface area (Å²) >= 11 is 0. The molecule has 0 heterocycles. The third-order valence-corrected chi connectivity index (χ3v) is 2.91. The van der Waals surface area contributed by atoms with E-state index in [4.69, 9.17) is 4.74 Å². The summed E-state index contributed by atoms with van der Waals surface area (Å²) in [6.45, 7) is 12.8. The molecule has 0 aromatic heterocycles. The van der Waals surface area contributed by atoms with E-state index in [1.807, 2.05) is 0 Å². The lowest BCUT2D eigenvalue weighted by atomic mass is 9.99. The van der Waals surface area contributed by atoms with Crippen LogP contribution in [0.3, 0.4) is 0 Å². The summed E-state index contributed by atoms with van der Waals surface area (Å²) in [6.07, 6.45) is 8.81. The Balaban J connectivity index is 5.42. The van der Waals surface area contributed by atoms with Gasteiger partial charge in [0.15, 0.2) is 0 Å². The minimum atomic E-state index is 0.954. The molecule has 18 heavy (non-hydrogen) atoms. The highest BCUT2D eigenvalue weighted by molar-refractivity contribution is 5.47. The Kier molecular flexibility index (Phi) is 8.19. The van der Waals surface area contributed by atoms with Gasteiger partial charge >= 0.3 is 0 Å². The van der Waals surface area contributed by atoms with Gasteiger partial charge in [-0.2, -0.15) is 0 Å². The first-order valence-electron chi connectivity index (χ1n) is 6.71. The second-order valence-corrected chi connectivity index (χ2v) is 4.80. The number of allylic oxidation sites excluding steroid dienone is 6. The van der Waals surface area contributed by atoms with Gasteiger partial charge in [-0.05, 0) is 52.7 Å². The Morgan fingerprint density at radius 2 is 1.72 bits per heavy atom. The second-order valence-electron chi connectivity index (χ2n) is 4.80. The molecule has 0 radical (unpaired) electrons. The molecule has 0 aromatic rings. The van der Waals surface area contributed by atoms with Crippen molar-refractivity contribution in [3.63, 3.8) is 0 Å². The predicted octanol–water partition coefficient (Wildman–Crippen LogP) is 5.57. The summed E-state index contributed by atoms with van der Waals surface area (Å²) in [7, 11) is 1.74. The molecular formula is C17H28O. The SMILES string of the molecule is C/C=C(/C)C(=C(C)C)/C(=C/C(C)=C\CCC)OC. The molecule has 0 aromatic carbocycles. The van der Waals surface area contributed by atoms with Crippen LogP contribution in [0.2, 0.25) is 0 Å². The Morgan fingerprint density at radius 3 is 2.11 bits per heavy atom. The molecule has 0 bridgehead atoms. The molecule has 0 aliphatic rings. The van der Waals surface area contributed by atoms with Crippen LogP contribution in [-0.4, -0.2) is 7.11 Å². The molecular weight excluding hydrogens is 220 g/mol. The van der Waals surface area contributed by atoms with Gasteiger partial charge in [0, 0.05) is 5.57 Å². The third-order valence-electron chi connectivity index (χ3n) is 2.91. The maximum atomic E-state index is 5.57. The summed E-state index contributed by atoms with van der Waals surface area (Å²) in [5.41, 5.74) is 5.01. The molecule has 1 heteroatoms. The molecule has 0 rings (SSSR count). The van der Waals surface area contributed by atoms with Crippen LogP contribution in [0.5, 0.6) is 0 Å². The molecule has 0 fully saturated rings. The van der Waals surface area contributed by atoms with Crippen LogP contribution in [-0.2, 0) is 4.74 Å². The molecule has 0 aliphatic heterocycles. The van der Waals surface area contributed by atoms with E-state index in [9.17, 15) is 0 Å². The number of methoxy groups -OCH3 is 1. The minimum Gasteiger partial charge on any atom is -0.496 e. The summed E-state index contributed by atoms with van der Waals surface area (Å²) in [5, 5.41) is 0. The first kappa shape index (κ1) is 16.8. The van der Waals surface area contributed by atoms with Crippen LogP contribution in [0, 0.1) is 0 Å². The number of hydrogen-bond acceptors (Lipinski definition) is 1. The molecule has 0 N–H and O–H groups in total. The van der Waals surface area contributed by atoms with Crippen molar-refractivity contribution in [3.8, 4) is 0 Å². The van der Waals surface area contributed by atoms with E-state index in [1.54, 1.807) is 7.11 Å². The highest BCUT2D eigenvalue weighted by atomic mass is 16.5. The van der Waals surface area contributed by atoms with Crippen molar-refractivity contribution in [2.24, 2.45) is 0 Å². The van der Waals surface area contributed by atoms with Crippen LogP contribution in [0.1, 0.15) is 54.4 Å². The Bertz CT molecular complexity index is 374. The van der Waals surface area contributed by atoms with E-state index < -0.39 is 0 Å². The minimum absolute atomic E-state index is 0.954. The van der Waals surface area contributed by atoms with E-state index in [2.05, 4.69) is 59.8 Å². The van der Waals surface area contributed by atoms with E-state index in [-0.39, 0.29) is 0 Å². The van der Waals surface area contributed by atoms with E-state index in [1.165, 1.54) is 28.7 Å². The zero-order valence-corrected chi connectivity index (χ0v) is 13.1. The van der Waals surface area contributed by atoms with E-state index in [0.29, 0.717) is 0 Å². The quantitative estimate of drug-likeness (QED) is 0.441. The van der Waals surface area contributed by atoms with Gasteiger partial charge in [-0.25, -0.2) is 0 Å². The zero-order chi connectivity index (χ0) is 14.1. The fraction of sp³-hybridized carbons (Fsp3) is 0.529. The maximum Gasteiger partial charge on any atom is 0.126 e. The van der Waals surface area contributed by atoms with Gasteiger partial charge < -0.3 is 4.74 Å². The highest BCUT2D eigenvalue weighted by Crippen LogP contribution is 2.24. The fourth-order valence-corrected chi connectivity index (χ4v) is 1.85. The highest BCUT2D eigenvalue weighted by Gasteiger charge is 2.09. The lowest BCUT2D eigenvalue weighted by Crippen LogP contribution is -1.98. The average Bonchev–Trinajstić information content (AvgIpc) is 2.34. The van der Waals surface area contributed by atoms with Gasteiger partial charge in [0.2, 0.25) is 0 Å². The molecule has 0 amide bonds. The Morgan fingerprint density at radius 1 is 1.11 bits per heavy atom. The van der Waals surface area contributed by atoms with Crippen molar-refractivity contribution in [2.75, 3.05) is 7.11 Å². The third kappa shape index (κ3) is 5.39. The molecule has 102 valence electrons. The number of hydrogen-bond donors (Lipinski definition) is 0. The van der Waals surface area contributed by atoms with Gasteiger partial charge in [0.25, 0.3) is 0 Å². The Labute approximate surface area is 113 Å². The van der Waals surface area contributed by atoms with E-state index in [0.717, 1.165) is 12.2 Å². The van der Waals surface area contributed by atoms with Gasteiger partial charge in [0.1, 0.15) is 5.76 Å². The van der Waals surface area contributed by atoms with E-state index >= 15 is 0 Å². The summed E-state index contributed by atoms with van der Waals surface area (Å²) in [6, 6.07) is 0. The topological polar surface area (TPSA) is 9.23 Å². The number of rotatable bonds is 6. The van der Waals surface area contributed by atoms with Gasteiger partial charge in [0.05, 0.1) is 7.11 Å². The molecule has 0 spiro atoms. The van der Waals surface area contributed by atoms with Crippen molar-refractivity contribution in [3.05, 3.63) is 46.3 Å². The zero-order valence-electron chi connectivity index (χ0n) is 13.1. The van der Waals surface area contributed by atoms with Crippen molar-refractivity contribution in [2.45, 2.75) is 54.4 Å². The van der Waals surface area contributed by atoms with Crippen LogP contribution in [0.25, 0.3) is 0 Å². The largest absolute Gasteiger partial charge is 0.496 e. The molecule has 1 nitrogen and oxygen atoms in total. The fourth-order valence-electron chi connectivity index (χ4n) is 1.85. The first-order chi connectivity index (χ1) is 8.47. The van der Waals surface area contributed by atoms with Crippen LogP contribution in [0.4, 0.5) is 0 Å². The monoisotopic (exact) mass is 248 g/mol. The molecule has 0 unspecified atom stereocenters.